The molecule has 1 fully saturated rings. The molecule has 0 saturated heterocycles. The number of carbonyl (C=O) groups is 2. The lowest BCUT2D eigenvalue weighted by atomic mass is 9.94. The van der Waals surface area contributed by atoms with Crippen LogP contribution in [0.25, 0.3) is 6.08 Å². The Bertz CT molecular complexity index is 833. The second-order valence-corrected chi connectivity index (χ2v) is 7.06. The topological polar surface area (TPSA) is 65.1 Å². The zero-order valence-corrected chi connectivity index (χ0v) is 16.9. The van der Waals surface area contributed by atoms with Crippen LogP contribution in [-0.4, -0.2) is 44.1 Å². The zero-order chi connectivity index (χ0) is 20.3. The van der Waals surface area contributed by atoms with Crippen molar-refractivity contribution in [3.05, 3.63) is 40.6 Å². The van der Waals surface area contributed by atoms with Gasteiger partial charge in [0.15, 0.2) is 11.5 Å². The third-order valence-corrected chi connectivity index (χ3v) is 5.50. The van der Waals surface area contributed by atoms with Gasteiger partial charge in [-0.15, -0.1) is 0 Å². The van der Waals surface area contributed by atoms with Crippen molar-refractivity contribution in [2.45, 2.75) is 45.1 Å². The SMILES string of the molecule is COC(=O)C1=C(C)N(C2CCCCC2)C(=O)/C1=C\c1cccc(OC)c1OC. The quantitative estimate of drug-likeness (QED) is 0.571. The summed E-state index contributed by atoms with van der Waals surface area (Å²) < 4.78 is 15.8. The largest absolute Gasteiger partial charge is 0.493 e. The first-order valence-electron chi connectivity index (χ1n) is 9.59. The van der Waals surface area contributed by atoms with Crippen LogP contribution in [0.2, 0.25) is 0 Å². The third kappa shape index (κ3) is 3.51. The molecule has 0 spiro atoms. The minimum absolute atomic E-state index is 0.124. The molecule has 1 aromatic carbocycles. The van der Waals surface area contributed by atoms with Gasteiger partial charge >= 0.3 is 5.97 Å². The predicted octanol–water partition coefficient (Wildman–Crippen LogP) is 3.71. The van der Waals surface area contributed by atoms with Crippen molar-refractivity contribution in [1.29, 1.82) is 0 Å². The molecule has 1 amide bonds. The number of allylic oxidation sites excluding steroid dienone is 1. The minimum Gasteiger partial charge on any atom is -0.493 e. The number of para-hydroxylation sites is 1. The number of benzene rings is 1. The molecule has 28 heavy (non-hydrogen) atoms. The lowest BCUT2D eigenvalue weighted by Crippen LogP contribution is -2.37. The highest BCUT2D eigenvalue weighted by atomic mass is 16.5. The fourth-order valence-electron chi connectivity index (χ4n) is 4.16. The van der Waals surface area contributed by atoms with Crippen LogP contribution >= 0.6 is 0 Å². The highest BCUT2D eigenvalue weighted by Crippen LogP contribution is 2.39. The molecule has 0 unspecified atom stereocenters. The van der Waals surface area contributed by atoms with Crippen molar-refractivity contribution in [3.8, 4) is 11.5 Å². The second-order valence-electron chi connectivity index (χ2n) is 7.06. The van der Waals surface area contributed by atoms with Crippen LogP contribution in [0.3, 0.4) is 0 Å². The Morgan fingerprint density at radius 1 is 1.11 bits per heavy atom. The minimum atomic E-state index is -0.503. The Kier molecular flexibility index (Phi) is 6.07. The molecule has 0 N–H and O–H groups in total. The van der Waals surface area contributed by atoms with E-state index in [1.165, 1.54) is 13.5 Å². The normalized spacial score (nSPS) is 19.4. The van der Waals surface area contributed by atoms with Gasteiger partial charge < -0.3 is 19.1 Å². The molecule has 1 aliphatic carbocycles. The summed E-state index contributed by atoms with van der Waals surface area (Å²) in [4.78, 5) is 27.6. The number of ether oxygens (including phenoxy) is 3. The molecule has 3 rings (SSSR count). The second kappa shape index (κ2) is 8.50. The van der Waals surface area contributed by atoms with E-state index in [0.29, 0.717) is 33.9 Å². The molecular weight excluding hydrogens is 358 g/mol. The summed E-state index contributed by atoms with van der Waals surface area (Å²) in [7, 11) is 4.44. The smallest absolute Gasteiger partial charge is 0.340 e. The molecule has 1 heterocycles. The number of hydrogen-bond acceptors (Lipinski definition) is 5. The summed E-state index contributed by atoms with van der Waals surface area (Å²) in [5.74, 6) is 0.419. The van der Waals surface area contributed by atoms with E-state index in [0.717, 1.165) is 25.7 Å². The van der Waals surface area contributed by atoms with Crippen molar-refractivity contribution >= 4 is 18.0 Å². The number of amides is 1. The summed E-state index contributed by atoms with van der Waals surface area (Å²) >= 11 is 0. The molecule has 2 aliphatic rings. The Labute approximate surface area is 165 Å². The van der Waals surface area contributed by atoms with Gasteiger partial charge in [0.2, 0.25) is 0 Å². The van der Waals surface area contributed by atoms with Gasteiger partial charge in [-0.3, -0.25) is 4.79 Å². The summed E-state index contributed by atoms with van der Waals surface area (Å²) in [6, 6.07) is 5.56. The number of hydrogen-bond donors (Lipinski definition) is 0. The van der Waals surface area contributed by atoms with Crippen molar-refractivity contribution in [1.82, 2.24) is 4.90 Å². The molecule has 0 radical (unpaired) electrons. The Hall–Kier alpha value is -2.76. The van der Waals surface area contributed by atoms with Gasteiger partial charge in [0.05, 0.1) is 32.5 Å². The number of nitrogens with zero attached hydrogens (tertiary/aromatic N) is 1. The molecular formula is C22H27NO5. The van der Waals surface area contributed by atoms with Crippen molar-refractivity contribution in [2.24, 2.45) is 0 Å². The monoisotopic (exact) mass is 385 g/mol. The number of esters is 1. The van der Waals surface area contributed by atoms with E-state index in [1.54, 1.807) is 31.3 Å². The molecule has 6 nitrogen and oxygen atoms in total. The van der Waals surface area contributed by atoms with E-state index in [2.05, 4.69) is 0 Å². The summed E-state index contributed by atoms with van der Waals surface area (Å²) in [6.07, 6.45) is 6.98. The van der Waals surface area contributed by atoms with E-state index in [4.69, 9.17) is 14.2 Å². The average molecular weight is 385 g/mol. The molecule has 1 saturated carbocycles. The predicted molar refractivity (Wildman–Crippen MR) is 106 cm³/mol. The zero-order valence-electron chi connectivity index (χ0n) is 16.9. The fraction of sp³-hybridized carbons (Fsp3) is 0.455. The molecule has 1 aliphatic heterocycles. The first-order chi connectivity index (χ1) is 13.5. The number of carbonyl (C=O) groups excluding carboxylic acids is 2. The molecule has 0 bridgehead atoms. The molecule has 0 aromatic heterocycles. The Morgan fingerprint density at radius 3 is 2.43 bits per heavy atom. The fourth-order valence-corrected chi connectivity index (χ4v) is 4.16. The third-order valence-electron chi connectivity index (χ3n) is 5.50. The summed E-state index contributed by atoms with van der Waals surface area (Å²) in [5.41, 5.74) is 1.99. The average Bonchev–Trinajstić information content (AvgIpc) is 2.97. The Balaban J connectivity index is 2.10. The van der Waals surface area contributed by atoms with Gasteiger partial charge in [0, 0.05) is 17.3 Å². The molecule has 1 aromatic rings. The maximum Gasteiger partial charge on any atom is 0.340 e. The first-order valence-corrected chi connectivity index (χ1v) is 9.59. The van der Waals surface area contributed by atoms with Crippen molar-refractivity contribution in [2.75, 3.05) is 21.3 Å². The van der Waals surface area contributed by atoms with Crippen LogP contribution in [0.15, 0.2) is 35.0 Å². The van der Waals surface area contributed by atoms with Crippen molar-refractivity contribution < 1.29 is 23.8 Å². The van der Waals surface area contributed by atoms with E-state index in [1.807, 2.05) is 19.1 Å². The van der Waals surface area contributed by atoms with Gasteiger partial charge in [-0.05, 0) is 31.9 Å². The Morgan fingerprint density at radius 2 is 1.82 bits per heavy atom. The van der Waals surface area contributed by atoms with E-state index in [9.17, 15) is 9.59 Å². The lowest BCUT2D eigenvalue weighted by molar-refractivity contribution is -0.136. The van der Waals surface area contributed by atoms with Gasteiger partial charge in [-0.2, -0.15) is 0 Å². The summed E-state index contributed by atoms with van der Waals surface area (Å²) in [5, 5.41) is 0. The first kappa shape index (κ1) is 20.0. The van der Waals surface area contributed by atoms with Crippen LogP contribution in [0.5, 0.6) is 11.5 Å². The van der Waals surface area contributed by atoms with E-state index in [-0.39, 0.29) is 11.9 Å². The number of rotatable bonds is 5. The summed E-state index contributed by atoms with van der Waals surface area (Å²) in [6.45, 7) is 1.82. The van der Waals surface area contributed by atoms with E-state index < -0.39 is 5.97 Å². The standard InChI is InChI=1S/C22H27NO5/c1-14-19(22(25)28-4)17(21(24)23(14)16-10-6-5-7-11-16)13-15-9-8-12-18(26-2)20(15)27-3/h8-9,12-13,16H,5-7,10-11H2,1-4H3/b17-13-. The lowest BCUT2D eigenvalue weighted by Gasteiger charge is -2.32. The highest BCUT2D eigenvalue weighted by molar-refractivity contribution is 6.16. The maximum atomic E-state index is 13.3. The molecule has 6 heteroatoms. The highest BCUT2D eigenvalue weighted by Gasteiger charge is 2.40. The van der Waals surface area contributed by atoms with Gasteiger partial charge in [-0.25, -0.2) is 4.79 Å². The van der Waals surface area contributed by atoms with Crippen LogP contribution in [0.4, 0.5) is 0 Å². The van der Waals surface area contributed by atoms with Crippen LogP contribution in [0, 0.1) is 0 Å². The maximum absolute atomic E-state index is 13.3. The number of methoxy groups -OCH3 is 3. The van der Waals surface area contributed by atoms with Crippen LogP contribution in [0.1, 0.15) is 44.6 Å². The van der Waals surface area contributed by atoms with Gasteiger partial charge in [-0.1, -0.05) is 31.4 Å². The van der Waals surface area contributed by atoms with Gasteiger partial charge in [0.1, 0.15) is 0 Å². The van der Waals surface area contributed by atoms with Crippen molar-refractivity contribution in [3.63, 3.8) is 0 Å². The molecule has 150 valence electrons. The van der Waals surface area contributed by atoms with Gasteiger partial charge in [0.25, 0.3) is 5.91 Å². The van der Waals surface area contributed by atoms with Crippen LogP contribution in [-0.2, 0) is 14.3 Å². The van der Waals surface area contributed by atoms with E-state index >= 15 is 0 Å². The molecule has 0 atom stereocenters. The van der Waals surface area contributed by atoms with Crippen LogP contribution < -0.4 is 9.47 Å².